The maximum absolute atomic E-state index is 3.77. The fourth-order valence-electron chi connectivity index (χ4n) is 7.22. The van der Waals surface area contributed by atoms with Crippen LogP contribution in [0.25, 0.3) is 0 Å². The van der Waals surface area contributed by atoms with E-state index >= 15 is 0 Å². The summed E-state index contributed by atoms with van der Waals surface area (Å²) in [6.45, 7) is 9.45. The second-order valence-electron chi connectivity index (χ2n) is 14.6. The first-order chi connectivity index (χ1) is 21.7. The van der Waals surface area contributed by atoms with E-state index in [2.05, 4.69) is 43.4 Å². The lowest BCUT2D eigenvalue weighted by Crippen LogP contribution is -2.44. The zero-order valence-electron chi connectivity index (χ0n) is 31.1. The second-order valence-corrected chi connectivity index (χ2v) is 14.6. The van der Waals surface area contributed by atoms with Gasteiger partial charge in [0.05, 0.1) is 6.04 Å². The largest absolute Gasteiger partial charge is 0.254 e. The minimum absolute atomic E-state index is 0.635. The minimum Gasteiger partial charge on any atom is -0.247 e. The summed E-state index contributed by atoms with van der Waals surface area (Å²) in [5.74, 6) is 1.51. The maximum atomic E-state index is 3.77. The van der Waals surface area contributed by atoms with E-state index in [1.807, 2.05) is 0 Å². The lowest BCUT2D eigenvalue weighted by Gasteiger charge is -2.14. The van der Waals surface area contributed by atoms with E-state index in [9.17, 15) is 0 Å². The number of hydrogen-bond acceptors (Lipinski definition) is 0. The Morgan fingerprint density at radius 2 is 0.750 bits per heavy atom. The Balaban J connectivity index is 2.34. The van der Waals surface area contributed by atoms with Gasteiger partial charge in [0.2, 0.25) is 0 Å². The fourth-order valence-corrected chi connectivity index (χ4v) is 7.22. The summed E-state index contributed by atoms with van der Waals surface area (Å²) < 4.78 is 2.76. The molecule has 1 heterocycles. The summed E-state index contributed by atoms with van der Waals surface area (Å²) in [6, 6.07) is 0.635. The standard InChI is InChI=1S/C42H82N2/c1-5-8-11-14-17-19-21-22-23-24-25-28-30-33-36-40(4)44-41(37-34-31-29-26-20-18-15-12-9-6-2)39-43-42(44)38-35-32-27-16-13-10-7-3/h39-40H,5-38H2,1-4H3/p+1. The maximum Gasteiger partial charge on any atom is 0.254 e. The number of aromatic amines is 1. The third kappa shape index (κ3) is 23.5. The van der Waals surface area contributed by atoms with Crippen molar-refractivity contribution in [3.05, 3.63) is 17.7 Å². The molecule has 1 atom stereocenters. The molecule has 0 spiro atoms. The third-order valence-corrected chi connectivity index (χ3v) is 10.2. The molecular weight excluding hydrogens is 532 g/mol. The van der Waals surface area contributed by atoms with Crippen molar-refractivity contribution in [2.45, 2.75) is 252 Å². The molecule has 0 aliphatic heterocycles. The van der Waals surface area contributed by atoms with Gasteiger partial charge in [-0.1, -0.05) is 201 Å². The molecule has 0 radical (unpaired) electrons. The average molecular weight is 616 g/mol. The number of H-pyrrole nitrogens is 1. The van der Waals surface area contributed by atoms with Gasteiger partial charge in [-0.25, -0.2) is 9.55 Å². The molecule has 2 nitrogen and oxygen atoms in total. The number of aryl methyl sites for hydroxylation is 2. The Hall–Kier alpha value is -0.790. The number of imidazole rings is 1. The molecule has 44 heavy (non-hydrogen) atoms. The number of rotatable bonds is 35. The fraction of sp³-hybridized carbons (Fsp3) is 0.929. The number of nitrogens with zero attached hydrogens (tertiary/aromatic N) is 1. The first-order valence-electron chi connectivity index (χ1n) is 20.8. The molecular formula is C42H83N2+. The van der Waals surface area contributed by atoms with Gasteiger partial charge in [-0.3, -0.25) is 0 Å². The van der Waals surface area contributed by atoms with Crippen molar-refractivity contribution < 1.29 is 4.57 Å². The average Bonchev–Trinajstić information content (AvgIpc) is 3.44. The van der Waals surface area contributed by atoms with Crippen molar-refractivity contribution in [3.63, 3.8) is 0 Å². The molecule has 0 amide bonds. The van der Waals surface area contributed by atoms with Crippen molar-refractivity contribution in [1.29, 1.82) is 0 Å². The monoisotopic (exact) mass is 616 g/mol. The van der Waals surface area contributed by atoms with Crippen molar-refractivity contribution >= 4 is 0 Å². The van der Waals surface area contributed by atoms with Gasteiger partial charge in [-0.15, -0.1) is 0 Å². The molecule has 0 saturated heterocycles. The topological polar surface area (TPSA) is 19.7 Å². The van der Waals surface area contributed by atoms with Gasteiger partial charge in [-0.2, -0.15) is 0 Å². The Labute approximate surface area is 278 Å². The number of unbranched alkanes of at least 4 members (excludes halogenated alkanes) is 28. The summed E-state index contributed by atoms with van der Waals surface area (Å²) in [7, 11) is 0. The van der Waals surface area contributed by atoms with Crippen molar-refractivity contribution in [1.82, 2.24) is 4.98 Å². The highest BCUT2D eigenvalue weighted by molar-refractivity contribution is 4.93. The van der Waals surface area contributed by atoms with Gasteiger partial charge >= 0.3 is 0 Å². The lowest BCUT2D eigenvalue weighted by atomic mass is 10.0. The Kier molecular flexibility index (Phi) is 30.1. The predicted molar refractivity (Wildman–Crippen MR) is 198 cm³/mol. The van der Waals surface area contributed by atoms with Crippen LogP contribution in [-0.4, -0.2) is 4.98 Å². The lowest BCUT2D eigenvalue weighted by molar-refractivity contribution is -0.732. The summed E-state index contributed by atoms with van der Waals surface area (Å²) in [4.78, 5) is 3.77. The second kappa shape index (κ2) is 32.2. The predicted octanol–water partition coefficient (Wildman–Crippen LogP) is 14.5. The van der Waals surface area contributed by atoms with E-state index in [-0.39, 0.29) is 0 Å². The summed E-state index contributed by atoms with van der Waals surface area (Å²) in [5.41, 5.74) is 1.58. The zero-order chi connectivity index (χ0) is 31.8. The zero-order valence-corrected chi connectivity index (χ0v) is 31.1. The molecule has 0 aromatic carbocycles. The normalized spacial score (nSPS) is 12.4. The van der Waals surface area contributed by atoms with Crippen LogP contribution in [-0.2, 0) is 12.8 Å². The van der Waals surface area contributed by atoms with E-state index in [4.69, 9.17) is 0 Å². The van der Waals surface area contributed by atoms with E-state index in [0.29, 0.717) is 6.04 Å². The summed E-state index contributed by atoms with van der Waals surface area (Å²) >= 11 is 0. The van der Waals surface area contributed by atoms with Crippen LogP contribution in [0.4, 0.5) is 0 Å². The van der Waals surface area contributed by atoms with Gasteiger partial charge in [0, 0.05) is 12.8 Å². The molecule has 1 unspecified atom stereocenters. The Morgan fingerprint density at radius 3 is 1.14 bits per heavy atom. The highest BCUT2D eigenvalue weighted by Crippen LogP contribution is 2.18. The van der Waals surface area contributed by atoms with Crippen molar-refractivity contribution in [2.75, 3.05) is 0 Å². The van der Waals surface area contributed by atoms with Crippen LogP contribution < -0.4 is 4.57 Å². The van der Waals surface area contributed by atoms with Crippen LogP contribution >= 0.6 is 0 Å². The molecule has 1 rings (SSSR count). The van der Waals surface area contributed by atoms with E-state index in [0.717, 1.165) is 0 Å². The van der Waals surface area contributed by atoms with Crippen molar-refractivity contribution in [3.8, 4) is 0 Å². The summed E-state index contributed by atoms with van der Waals surface area (Å²) in [6.07, 6.45) is 50.5. The Morgan fingerprint density at radius 1 is 0.432 bits per heavy atom. The van der Waals surface area contributed by atoms with Crippen LogP contribution in [0.1, 0.15) is 251 Å². The van der Waals surface area contributed by atoms with Crippen LogP contribution in [0.5, 0.6) is 0 Å². The molecule has 1 aromatic rings. The van der Waals surface area contributed by atoms with Gasteiger partial charge in [0.25, 0.3) is 5.82 Å². The third-order valence-electron chi connectivity index (χ3n) is 10.2. The Bertz CT molecular complexity index is 692. The summed E-state index contributed by atoms with van der Waals surface area (Å²) in [5, 5.41) is 0. The molecule has 0 bridgehead atoms. The van der Waals surface area contributed by atoms with Gasteiger partial charge in [0.1, 0.15) is 11.9 Å². The van der Waals surface area contributed by atoms with E-state index in [1.165, 1.54) is 224 Å². The number of aromatic nitrogens is 2. The van der Waals surface area contributed by atoms with Gasteiger partial charge < -0.3 is 0 Å². The molecule has 1 N–H and O–H groups in total. The van der Waals surface area contributed by atoms with E-state index < -0.39 is 0 Å². The number of hydrogen-bond donors (Lipinski definition) is 1. The molecule has 0 fully saturated rings. The highest BCUT2D eigenvalue weighted by Gasteiger charge is 2.22. The first kappa shape index (κ1) is 41.2. The highest BCUT2D eigenvalue weighted by atomic mass is 15.1. The quantitative estimate of drug-likeness (QED) is 0.0579. The van der Waals surface area contributed by atoms with E-state index in [1.54, 1.807) is 5.69 Å². The molecule has 2 heteroatoms. The molecule has 260 valence electrons. The van der Waals surface area contributed by atoms with Crippen molar-refractivity contribution in [2.24, 2.45) is 0 Å². The van der Waals surface area contributed by atoms with Crippen LogP contribution in [0, 0.1) is 0 Å². The molecule has 0 saturated carbocycles. The van der Waals surface area contributed by atoms with Crippen LogP contribution in [0.15, 0.2) is 6.20 Å². The number of nitrogens with one attached hydrogen (secondary N) is 1. The smallest absolute Gasteiger partial charge is 0.247 e. The van der Waals surface area contributed by atoms with Crippen LogP contribution in [0.2, 0.25) is 0 Å². The molecule has 0 aliphatic rings. The van der Waals surface area contributed by atoms with Gasteiger partial charge in [0.15, 0.2) is 0 Å². The first-order valence-corrected chi connectivity index (χ1v) is 20.8. The SMILES string of the molecule is CCCCCCCCCCCCCCCCC(C)[n+]1c(CCCCCCCCCCCC)c[nH]c1CCCCCCCCC. The molecule has 0 aliphatic carbocycles. The van der Waals surface area contributed by atoms with Gasteiger partial charge in [-0.05, 0) is 32.6 Å². The van der Waals surface area contributed by atoms with Crippen LogP contribution in [0.3, 0.4) is 0 Å². The minimum atomic E-state index is 0.635. The molecule has 1 aromatic heterocycles.